The Morgan fingerprint density at radius 1 is 1.14 bits per heavy atom. The van der Waals surface area contributed by atoms with Crippen LogP contribution in [0.15, 0.2) is 54.1 Å². The molecule has 0 atom stereocenters. The summed E-state index contributed by atoms with van der Waals surface area (Å²) in [7, 11) is 0. The number of allylic oxidation sites excluding steroid dienone is 1. The summed E-state index contributed by atoms with van der Waals surface area (Å²) in [5.74, 6) is 2.15. The van der Waals surface area contributed by atoms with Crippen LogP contribution in [0.3, 0.4) is 0 Å². The molecule has 2 aromatic rings. The van der Waals surface area contributed by atoms with Gasteiger partial charge in [0.1, 0.15) is 12.4 Å². The number of benzene rings is 2. The zero-order chi connectivity index (χ0) is 14.7. The van der Waals surface area contributed by atoms with Gasteiger partial charge in [0.15, 0.2) is 11.5 Å². The number of hydrogen-bond acceptors (Lipinski definition) is 3. The summed E-state index contributed by atoms with van der Waals surface area (Å²) in [5.41, 5.74) is 2.04. The summed E-state index contributed by atoms with van der Waals surface area (Å²) in [6, 6.07) is 13.7. The number of fused-ring (bicyclic) bond motifs is 1. The lowest BCUT2D eigenvalue weighted by Crippen LogP contribution is -1.99. The predicted octanol–water partition coefficient (Wildman–Crippen LogP) is 4.29. The Labute approximate surface area is 128 Å². The van der Waals surface area contributed by atoms with E-state index in [0.717, 1.165) is 22.6 Å². The minimum absolute atomic E-state index is 0.235. The first-order valence-corrected chi connectivity index (χ1v) is 7.02. The van der Waals surface area contributed by atoms with Crippen LogP contribution in [0.4, 0.5) is 0 Å². The minimum Gasteiger partial charge on any atom is -0.488 e. The van der Waals surface area contributed by atoms with E-state index in [4.69, 9.17) is 25.8 Å². The highest BCUT2D eigenvalue weighted by molar-refractivity contribution is 6.29. The molecule has 108 valence electrons. The Hall–Kier alpha value is -2.13. The Morgan fingerprint density at radius 3 is 2.57 bits per heavy atom. The first kappa shape index (κ1) is 13.8. The van der Waals surface area contributed by atoms with E-state index in [1.165, 1.54) is 0 Å². The predicted molar refractivity (Wildman–Crippen MR) is 82.0 cm³/mol. The molecule has 1 heterocycles. The molecule has 1 aliphatic heterocycles. The van der Waals surface area contributed by atoms with Gasteiger partial charge in [-0.05, 0) is 11.6 Å². The van der Waals surface area contributed by atoms with Crippen LogP contribution in [0.5, 0.6) is 17.2 Å². The summed E-state index contributed by atoms with van der Waals surface area (Å²) in [5, 5.41) is 0.554. The van der Waals surface area contributed by atoms with Crippen LogP contribution < -0.4 is 14.2 Å². The molecule has 0 aromatic heterocycles. The number of ether oxygens (including phenoxy) is 3. The van der Waals surface area contributed by atoms with Crippen molar-refractivity contribution in [3.63, 3.8) is 0 Å². The van der Waals surface area contributed by atoms with Crippen LogP contribution in [-0.2, 0) is 13.0 Å². The SMILES string of the molecule is C=C(Cl)Cc1cc2c(cc1OCc1ccccc1)OCO2. The number of halogens is 1. The third kappa shape index (κ3) is 3.31. The molecular weight excluding hydrogens is 288 g/mol. The fraction of sp³-hybridized carbons (Fsp3) is 0.176. The van der Waals surface area contributed by atoms with Crippen LogP contribution >= 0.6 is 11.6 Å². The van der Waals surface area contributed by atoms with Crippen LogP contribution in [-0.4, -0.2) is 6.79 Å². The molecule has 0 aliphatic carbocycles. The lowest BCUT2D eigenvalue weighted by Gasteiger charge is -2.12. The molecule has 0 bridgehead atoms. The zero-order valence-corrected chi connectivity index (χ0v) is 12.2. The van der Waals surface area contributed by atoms with E-state index in [1.807, 2.05) is 42.5 Å². The Bertz CT molecular complexity index is 653. The Kier molecular flexibility index (Phi) is 4.02. The van der Waals surface area contributed by atoms with Crippen molar-refractivity contribution in [1.29, 1.82) is 0 Å². The standard InChI is InChI=1S/C17H15ClO3/c1-12(18)7-14-8-16-17(21-11-20-16)9-15(14)19-10-13-5-3-2-4-6-13/h2-6,8-9H,1,7,10-11H2. The molecule has 2 aromatic carbocycles. The molecule has 0 N–H and O–H groups in total. The molecule has 0 saturated heterocycles. The zero-order valence-electron chi connectivity index (χ0n) is 11.5. The third-order valence-corrected chi connectivity index (χ3v) is 3.31. The summed E-state index contributed by atoms with van der Waals surface area (Å²) >= 11 is 5.93. The molecule has 3 nitrogen and oxygen atoms in total. The van der Waals surface area contributed by atoms with Crippen LogP contribution in [0.25, 0.3) is 0 Å². The highest BCUT2D eigenvalue weighted by atomic mass is 35.5. The summed E-state index contributed by atoms with van der Waals surface area (Å²) in [4.78, 5) is 0. The van der Waals surface area contributed by atoms with Crippen molar-refractivity contribution in [2.75, 3.05) is 6.79 Å². The Balaban J connectivity index is 1.83. The molecule has 0 unspecified atom stereocenters. The highest BCUT2D eigenvalue weighted by Gasteiger charge is 2.18. The largest absolute Gasteiger partial charge is 0.488 e. The summed E-state index contributed by atoms with van der Waals surface area (Å²) < 4.78 is 16.7. The summed E-state index contributed by atoms with van der Waals surface area (Å²) in [6.45, 7) is 4.46. The molecule has 21 heavy (non-hydrogen) atoms. The van der Waals surface area contributed by atoms with Gasteiger partial charge < -0.3 is 14.2 Å². The quantitative estimate of drug-likeness (QED) is 0.824. The van der Waals surface area contributed by atoms with E-state index in [-0.39, 0.29) is 6.79 Å². The van der Waals surface area contributed by atoms with E-state index in [0.29, 0.717) is 23.8 Å². The van der Waals surface area contributed by atoms with Crippen LogP contribution in [0.1, 0.15) is 11.1 Å². The molecule has 3 rings (SSSR count). The molecule has 0 saturated carbocycles. The van der Waals surface area contributed by atoms with Gasteiger partial charge in [0.25, 0.3) is 0 Å². The monoisotopic (exact) mass is 302 g/mol. The van der Waals surface area contributed by atoms with Crippen molar-refractivity contribution in [3.05, 3.63) is 65.2 Å². The average Bonchev–Trinajstić information content (AvgIpc) is 2.92. The minimum atomic E-state index is 0.235. The first-order chi connectivity index (χ1) is 10.2. The van der Waals surface area contributed by atoms with Crippen molar-refractivity contribution in [2.45, 2.75) is 13.0 Å². The molecule has 0 fully saturated rings. The smallest absolute Gasteiger partial charge is 0.231 e. The maximum Gasteiger partial charge on any atom is 0.231 e. The molecule has 4 heteroatoms. The van der Waals surface area contributed by atoms with Gasteiger partial charge in [-0.3, -0.25) is 0 Å². The molecule has 0 spiro atoms. The topological polar surface area (TPSA) is 27.7 Å². The third-order valence-electron chi connectivity index (χ3n) is 3.18. The number of rotatable bonds is 5. The van der Waals surface area contributed by atoms with Gasteiger partial charge in [0, 0.05) is 23.1 Å². The normalized spacial score (nSPS) is 12.2. The Morgan fingerprint density at radius 2 is 1.86 bits per heavy atom. The molecular formula is C17H15ClO3. The molecule has 0 amide bonds. The lowest BCUT2D eigenvalue weighted by molar-refractivity contribution is 0.173. The van der Waals surface area contributed by atoms with Crippen LogP contribution in [0.2, 0.25) is 0 Å². The average molecular weight is 303 g/mol. The van der Waals surface area contributed by atoms with Gasteiger partial charge in [0.05, 0.1) is 0 Å². The maximum absolute atomic E-state index is 5.93. The van der Waals surface area contributed by atoms with E-state index in [9.17, 15) is 0 Å². The van der Waals surface area contributed by atoms with E-state index < -0.39 is 0 Å². The van der Waals surface area contributed by atoms with Gasteiger partial charge in [-0.15, -0.1) is 0 Å². The number of hydrogen-bond donors (Lipinski definition) is 0. The second-order valence-electron chi connectivity index (χ2n) is 4.78. The fourth-order valence-corrected chi connectivity index (χ4v) is 2.32. The summed E-state index contributed by atoms with van der Waals surface area (Å²) in [6.07, 6.45) is 0.530. The van der Waals surface area contributed by atoms with Crippen molar-refractivity contribution in [3.8, 4) is 17.2 Å². The highest BCUT2D eigenvalue weighted by Crippen LogP contribution is 2.39. The lowest BCUT2D eigenvalue weighted by atomic mass is 10.1. The fourth-order valence-electron chi connectivity index (χ4n) is 2.18. The maximum atomic E-state index is 5.93. The van der Waals surface area contributed by atoms with E-state index in [2.05, 4.69) is 6.58 Å². The van der Waals surface area contributed by atoms with Gasteiger partial charge >= 0.3 is 0 Å². The first-order valence-electron chi connectivity index (χ1n) is 6.65. The second kappa shape index (κ2) is 6.10. The van der Waals surface area contributed by atoms with E-state index in [1.54, 1.807) is 0 Å². The van der Waals surface area contributed by atoms with Gasteiger partial charge in [0.2, 0.25) is 6.79 Å². The van der Waals surface area contributed by atoms with Gasteiger partial charge in [-0.2, -0.15) is 0 Å². The van der Waals surface area contributed by atoms with Gasteiger partial charge in [-0.25, -0.2) is 0 Å². The van der Waals surface area contributed by atoms with Crippen molar-refractivity contribution >= 4 is 11.6 Å². The van der Waals surface area contributed by atoms with Crippen LogP contribution in [0, 0.1) is 0 Å². The van der Waals surface area contributed by atoms with E-state index >= 15 is 0 Å². The molecule has 1 aliphatic rings. The van der Waals surface area contributed by atoms with Gasteiger partial charge in [-0.1, -0.05) is 48.5 Å². The second-order valence-corrected chi connectivity index (χ2v) is 5.32. The van der Waals surface area contributed by atoms with Crippen molar-refractivity contribution < 1.29 is 14.2 Å². The van der Waals surface area contributed by atoms with Crippen molar-refractivity contribution in [2.24, 2.45) is 0 Å². The molecule has 0 radical (unpaired) electrons. The van der Waals surface area contributed by atoms with Crippen molar-refractivity contribution in [1.82, 2.24) is 0 Å².